The Morgan fingerprint density at radius 3 is 1.64 bits per heavy atom. The van der Waals surface area contributed by atoms with Crippen LogP contribution in [0.5, 0.6) is 0 Å². The van der Waals surface area contributed by atoms with Crippen LogP contribution in [0.15, 0.2) is 258 Å². The maximum atomic E-state index is 6.59. The molecule has 19 rings (SSSR count). The molecule has 0 aliphatic carbocycles. The summed E-state index contributed by atoms with van der Waals surface area (Å²) in [5.74, 6) is 0.867. The molecule has 0 amide bonds. The zero-order valence-corrected chi connectivity index (χ0v) is 47.3. The van der Waals surface area contributed by atoms with Crippen LogP contribution in [0.1, 0.15) is 0 Å². The molecule has 0 saturated heterocycles. The van der Waals surface area contributed by atoms with Gasteiger partial charge in [-0.05, 0) is 150 Å². The van der Waals surface area contributed by atoms with Gasteiger partial charge >= 0.3 is 0 Å². The molecule has 0 saturated carbocycles. The predicted molar refractivity (Wildman–Crippen MR) is 352 cm³/mol. The molecule has 9 heterocycles. The maximum absolute atomic E-state index is 6.59. The van der Waals surface area contributed by atoms with Crippen molar-refractivity contribution in [2.75, 3.05) is 0 Å². The summed E-state index contributed by atoms with van der Waals surface area (Å²) in [6, 6.07) is 81.9. The van der Waals surface area contributed by atoms with E-state index >= 15 is 0 Å². The number of para-hydroxylation sites is 8. The first-order valence-corrected chi connectivity index (χ1v) is 29.0. The van der Waals surface area contributed by atoms with Crippen LogP contribution in [-0.4, -0.2) is 38.5 Å². The van der Waals surface area contributed by atoms with Crippen molar-refractivity contribution in [1.29, 1.82) is 0 Å². The second-order valence-electron chi connectivity index (χ2n) is 20.9. The Hall–Kier alpha value is -10.3. The summed E-state index contributed by atoms with van der Waals surface area (Å²) in [6.07, 6.45) is 3.55. The molecule has 0 unspecified atom stereocenters. The number of aromatic nitrogens is 8. The number of rotatable bonds is 3. The Morgan fingerprint density at radius 1 is 0.405 bits per heavy atom. The molecule has 19 aromatic rings. The molecule has 0 spiro atoms. The number of imidazole rings is 2. The lowest BCUT2D eigenvalue weighted by Crippen LogP contribution is -1.95. The van der Waals surface area contributed by atoms with Gasteiger partial charge in [0.1, 0.15) is 39.0 Å². The molecule has 0 fully saturated rings. The monoisotopic (exact) mass is 1210 g/mol. The van der Waals surface area contributed by atoms with Crippen LogP contribution in [0.25, 0.3) is 160 Å². The Morgan fingerprint density at radius 2 is 0.976 bits per heavy atom. The minimum atomic E-state index is 0.577. The maximum Gasteiger partial charge on any atom is 0.146 e. The van der Waals surface area contributed by atoms with Crippen molar-refractivity contribution >= 4 is 171 Å². The Kier molecular flexibility index (Phi) is 11.0. The minimum absolute atomic E-state index is 0.577. The van der Waals surface area contributed by atoms with E-state index < -0.39 is 0 Å². The van der Waals surface area contributed by atoms with Crippen LogP contribution in [0, 0.1) is 3.57 Å². The zero-order chi connectivity index (χ0) is 55.6. The Bertz CT molecular complexity index is 5800. The molecule has 12 heteroatoms. The van der Waals surface area contributed by atoms with Gasteiger partial charge in [-0.1, -0.05) is 121 Å². The molecule has 0 radical (unpaired) electrons. The molecule has 10 nitrogen and oxygen atoms in total. The first kappa shape index (κ1) is 48.4. The summed E-state index contributed by atoms with van der Waals surface area (Å²) in [5, 5.41) is 11.8. The number of H-pyrrole nitrogens is 1. The van der Waals surface area contributed by atoms with Gasteiger partial charge in [0, 0.05) is 72.4 Å². The Labute approximate surface area is 495 Å². The third-order valence-corrected chi connectivity index (χ3v) is 17.7. The van der Waals surface area contributed by atoms with Crippen LogP contribution in [0.3, 0.4) is 0 Å². The number of nitrogens with one attached hydrogen (secondary N) is 1. The highest BCUT2D eigenvalue weighted by Gasteiger charge is 2.24. The molecular weight excluding hydrogens is 1170 g/mol. The molecule has 10 aromatic carbocycles. The van der Waals surface area contributed by atoms with E-state index in [4.69, 9.17) is 35.4 Å². The Balaban J connectivity index is 0.000000118. The number of hydrogen-bond acceptors (Lipinski definition) is 6. The fraction of sp³-hybridized carbons (Fsp3) is 0. The zero-order valence-electron chi connectivity index (χ0n) is 44.4. The smallest absolute Gasteiger partial charge is 0.146 e. The lowest BCUT2D eigenvalue weighted by Gasteiger charge is -2.10. The number of fused-ring (bicyclic) bond motifs is 23. The standard InChI is InChI=1S/C36H20N4O.C31H19N3O.C5H3ClIN/c1-2-9-21(10-3-1)39-29-17-16-23-22-11-4-7-15-32(22)41-35(23)33(29)26-19-24-25(20-31(26)39)36-38-27-12-5-6-13-28(27)40(36)30-14-8-18-37-34(24)30;1-2-8-20(9-3-1)34-26-17-16-22-21-10-4-7-13-28(21)35-30(22)29(26)23-15-14-19(18-27(23)34)31-32-24-11-5-6-12-25(24)33-31;6-5-4(7)2-1-3-8-5/h1-20H;1-18H,(H,32,33);1-3H. The van der Waals surface area contributed by atoms with E-state index in [2.05, 4.69) is 216 Å². The van der Waals surface area contributed by atoms with Crippen molar-refractivity contribution in [3.8, 4) is 22.8 Å². The van der Waals surface area contributed by atoms with E-state index in [1.165, 1.54) is 0 Å². The van der Waals surface area contributed by atoms with Gasteiger partial charge in [-0.25, -0.2) is 15.0 Å². The number of aromatic amines is 1. The van der Waals surface area contributed by atoms with E-state index in [-0.39, 0.29) is 0 Å². The highest BCUT2D eigenvalue weighted by atomic mass is 127. The molecule has 0 aliphatic rings. The molecular formula is C72H42ClIN8O2. The lowest BCUT2D eigenvalue weighted by molar-refractivity contribution is 0.672. The highest BCUT2D eigenvalue weighted by Crippen LogP contribution is 2.45. The average molecular weight is 1210 g/mol. The molecule has 0 aliphatic heterocycles. The molecule has 1 N–H and O–H groups in total. The average Bonchev–Trinajstić information content (AvgIpc) is 2.20. The number of halogens is 2. The minimum Gasteiger partial charge on any atom is -0.455 e. The van der Waals surface area contributed by atoms with Gasteiger partial charge in [0.2, 0.25) is 0 Å². The van der Waals surface area contributed by atoms with Crippen LogP contribution in [0.4, 0.5) is 0 Å². The fourth-order valence-corrected chi connectivity index (χ4v) is 13.0. The van der Waals surface area contributed by atoms with Gasteiger partial charge in [0.25, 0.3) is 0 Å². The largest absolute Gasteiger partial charge is 0.455 e. The number of benzene rings is 10. The highest BCUT2D eigenvalue weighted by molar-refractivity contribution is 14.1. The van der Waals surface area contributed by atoms with Gasteiger partial charge in [-0.3, -0.25) is 9.38 Å². The lowest BCUT2D eigenvalue weighted by atomic mass is 10.0. The van der Waals surface area contributed by atoms with Gasteiger partial charge in [0.15, 0.2) is 0 Å². The second kappa shape index (κ2) is 19.1. The topological polar surface area (TPSA) is 108 Å². The van der Waals surface area contributed by atoms with Crippen LogP contribution in [-0.2, 0) is 0 Å². The van der Waals surface area contributed by atoms with Crippen molar-refractivity contribution in [2.45, 2.75) is 0 Å². The number of furan rings is 2. The van der Waals surface area contributed by atoms with Gasteiger partial charge in [-0.15, -0.1) is 0 Å². The first-order valence-electron chi connectivity index (χ1n) is 27.6. The van der Waals surface area contributed by atoms with E-state index in [1.807, 2.05) is 72.9 Å². The quantitative estimate of drug-likeness (QED) is 0.107. The molecule has 9 aromatic heterocycles. The van der Waals surface area contributed by atoms with Crippen molar-refractivity contribution in [2.24, 2.45) is 0 Å². The second-order valence-corrected chi connectivity index (χ2v) is 22.4. The summed E-state index contributed by atoms with van der Waals surface area (Å²) in [5.41, 5.74) is 18.4. The van der Waals surface area contributed by atoms with Crippen LogP contribution < -0.4 is 0 Å². The predicted octanol–water partition coefficient (Wildman–Crippen LogP) is 19.8. The van der Waals surface area contributed by atoms with E-state index in [9.17, 15) is 0 Å². The summed E-state index contributed by atoms with van der Waals surface area (Å²) < 4.78 is 20.9. The van der Waals surface area contributed by atoms with E-state index in [0.717, 1.165) is 163 Å². The van der Waals surface area contributed by atoms with Crippen molar-refractivity contribution < 1.29 is 8.83 Å². The number of nitrogens with zero attached hydrogens (tertiary/aromatic N) is 7. The first-order chi connectivity index (χ1) is 41.5. The van der Waals surface area contributed by atoms with Gasteiger partial charge in [-0.2, -0.15) is 0 Å². The van der Waals surface area contributed by atoms with Crippen LogP contribution >= 0.6 is 34.2 Å². The number of pyridine rings is 3. The molecule has 84 heavy (non-hydrogen) atoms. The molecule has 396 valence electrons. The van der Waals surface area contributed by atoms with Crippen molar-refractivity contribution in [3.05, 3.63) is 258 Å². The normalized spacial score (nSPS) is 11.9. The number of hydrogen-bond donors (Lipinski definition) is 1. The van der Waals surface area contributed by atoms with Gasteiger partial charge < -0.3 is 23.0 Å². The van der Waals surface area contributed by atoms with E-state index in [0.29, 0.717) is 5.15 Å². The summed E-state index contributed by atoms with van der Waals surface area (Å²) >= 11 is 7.72. The summed E-state index contributed by atoms with van der Waals surface area (Å²) in [6.45, 7) is 0. The van der Waals surface area contributed by atoms with Crippen molar-refractivity contribution in [1.82, 2.24) is 38.5 Å². The summed E-state index contributed by atoms with van der Waals surface area (Å²) in [4.78, 5) is 22.2. The fourth-order valence-electron chi connectivity index (χ4n) is 12.5. The van der Waals surface area contributed by atoms with Gasteiger partial charge in [0.05, 0.1) is 69.5 Å². The SMILES string of the molecule is Clc1ncccc1I.c1ccc(-n2c3cc(-c4nc5ccccc5[nH]4)ccc3c3c4oc5ccccc5c4ccc32)cc1.c1ccc(-n2c3cc4c(cc3c3c5oc6ccccc6c5ccc32)c2ncccc2n2c3ccccc3nc42)cc1. The van der Waals surface area contributed by atoms with Crippen LogP contribution in [0.2, 0.25) is 5.15 Å². The molecule has 0 atom stereocenters. The third-order valence-electron chi connectivity index (χ3n) is 16.2. The summed E-state index contributed by atoms with van der Waals surface area (Å²) in [7, 11) is 0. The van der Waals surface area contributed by atoms with Crippen molar-refractivity contribution in [3.63, 3.8) is 0 Å². The molecule has 0 bridgehead atoms. The third kappa shape index (κ3) is 7.48. The van der Waals surface area contributed by atoms with E-state index in [1.54, 1.807) is 6.20 Å².